The van der Waals surface area contributed by atoms with Crippen LogP contribution < -0.4 is 10.4 Å². The molecule has 0 aliphatic heterocycles. The van der Waals surface area contributed by atoms with Gasteiger partial charge in [0.15, 0.2) is 0 Å². The van der Waals surface area contributed by atoms with Crippen LogP contribution in [0, 0.1) is 0 Å². The van der Waals surface area contributed by atoms with Crippen LogP contribution in [0.15, 0.2) is 48.5 Å². The maximum Gasteiger partial charge on any atom is 0.416 e. The van der Waals surface area contributed by atoms with Crippen LogP contribution in [-0.4, -0.2) is 5.11 Å². The lowest BCUT2D eigenvalue weighted by Crippen LogP contribution is -2.29. The molecule has 0 atom stereocenters. The first kappa shape index (κ1) is 18.9. The fourth-order valence-corrected chi connectivity index (χ4v) is 3.92. The SMILES string of the molecule is OC1=c2cc3cc(CCc4ccc(C(F)(F)F)cc4Cl)ccc3cc2=CCC1. The van der Waals surface area contributed by atoms with Gasteiger partial charge >= 0.3 is 6.18 Å². The molecule has 5 heteroatoms. The average Bonchev–Trinajstić information content (AvgIpc) is 2.65. The van der Waals surface area contributed by atoms with E-state index < -0.39 is 11.7 Å². The normalized spacial score (nSPS) is 14.1. The van der Waals surface area contributed by atoms with Crippen LogP contribution >= 0.6 is 11.6 Å². The summed E-state index contributed by atoms with van der Waals surface area (Å²) in [6, 6.07) is 13.7. The summed E-state index contributed by atoms with van der Waals surface area (Å²) in [5.74, 6) is 0.418. The number of aliphatic hydroxyl groups is 1. The Hall–Kier alpha value is -2.46. The molecule has 0 amide bonds. The van der Waals surface area contributed by atoms with Crippen molar-refractivity contribution in [2.75, 3.05) is 0 Å². The Kier molecular flexibility index (Phi) is 4.84. The van der Waals surface area contributed by atoms with Crippen LogP contribution in [0.3, 0.4) is 0 Å². The van der Waals surface area contributed by atoms with Gasteiger partial charge in [-0.05, 0) is 70.6 Å². The number of rotatable bonds is 3. The van der Waals surface area contributed by atoms with Crippen molar-refractivity contribution in [3.8, 4) is 0 Å². The minimum atomic E-state index is -4.39. The monoisotopic (exact) mass is 402 g/mol. The van der Waals surface area contributed by atoms with Crippen LogP contribution in [-0.2, 0) is 19.0 Å². The summed E-state index contributed by atoms with van der Waals surface area (Å²) in [7, 11) is 0. The number of aliphatic hydroxyl groups excluding tert-OH is 1. The molecule has 0 unspecified atom stereocenters. The summed E-state index contributed by atoms with van der Waals surface area (Å²) in [6.45, 7) is 0. The van der Waals surface area contributed by atoms with Crippen LogP contribution in [0.5, 0.6) is 0 Å². The molecule has 3 aromatic carbocycles. The molecule has 4 rings (SSSR count). The van der Waals surface area contributed by atoms with E-state index in [1.807, 2.05) is 18.2 Å². The van der Waals surface area contributed by atoms with Gasteiger partial charge in [-0.3, -0.25) is 0 Å². The third-order valence-corrected chi connectivity index (χ3v) is 5.54. The zero-order valence-electron chi connectivity index (χ0n) is 15.0. The van der Waals surface area contributed by atoms with Crippen LogP contribution in [0.1, 0.15) is 29.5 Å². The summed E-state index contributed by atoms with van der Waals surface area (Å²) in [4.78, 5) is 0. The Morgan fingerprint density at radius 3 is 2.50 bits per heavy atom. The first-order valence-electron chi connectivity index (χ1n) is 9.12. The summed E-state index contributed by atoms with van der Waals surface area (Å²) in [5.41, 5.74) is 1.04. The zero-order chi connectivity index (χ0) is 19.9. The van der Waals surface area contributed by atoms with E-state index >= 15 is 0 Å². The highest BCUT2D eigenvalue weighted by molar-refractivity contribution is 6.31. The molecule has 0 heterocycles. The van der Waals surface area contributed by atoms with Gasteiger partial charge in [0, 0.05) is 16.7 Å². The molecule has 3 aromatic rings. The largest absolute Gasteiger partial charge is 0.512 e. The first-order valence-corrected chi connectivity index (χ1v) is 9.50. The van der Waals surface area contributed by atoms with Crippen molar-refractivity contribution < 1.29 is 18.3 Å². The van der Waals surface area contributed by atoms with E-state index in [2.05, 4.69) is 18.2 Å². The number of benzene rings is 3. The van der Waals surface area contributed by atoms with E-state index in [9.17, 15) is 18.3 Å². The second-order valence-corrected chi connectivity index (χ2v) is 7.52. The zero-order valence-corrected chi connectivity index (χ0v) is 15.7. The molecular weight excluding hydrogens is 385 g/mol. The van der Waals surface area contributed by atoms with Crippen LogP contribution in [0.4, 0.5) is 13.2 Å². The van der Waals surface area contributed by atoms with E-state index in [1.54, 1.807) is 0 Å². The molecule has 1 N–H and O–H groups in total. The minimum Gasteiger partial charge on any atom is -0.512 e. The molecular formula is C23H18ClF3O. The van der Waals surface area contributed by atoms with Crippen molar-refractivity contribution in [3.63, 3.8) is 0 Å². The predicted molar refractivity (Wildman–Crippen MR) is 107 cm³/mol. The third-order valence-electron chi connectivity index (χ3n) is 5.19. The Morgan fingerprint density at radius 1 is 0.929 bits per heavy atom. The Morgan fingerprint density at radius 2 is 1.75 bits per heavy atom. The molecule has 28 heavy (non-hydrogen) atoms. The van der Waals surface area contributed by atoms with Crippen molar-refractivity contribution in [3.05, 3.63) is 80.7 Å². The Labute approximate surface area is 165 Å². The highest BCUT2D eigenvalue weighted by atomic mass is 35.5. The number of aryl methyl sites for hydroxylation is 2. The maximum atomic E-state index is 12.8. The molecule has 1 aliphatic rings. The van der Waals surface area contributed by atoms with Crippen LogP contribution in [0.25, 0.3) is 22.6 Å². The second kappa shape index (κ2) is 7.17. The number of hydrogen-bond acceptors (Lipinski definition) is 1. The average molecular weight is 403 g/mol. The Balaban J connectivity index is 1.60. The summed E-state index contributed by atoms with van der Waals surface area (Å²) >= 11 is 6.06. The highest BCUT2D eigenvalue weighted by Gasteiger charge is 2.30. The fourth-order valence-electron chi connectivity index (χ4n) is 3.64. The van der Waals surface area contributed by atoms with E-state index in [0.717, 1.165) is 45.3 Å². The summed E-state index contributed by atoms with van der Waals surface area (Å²) in [5, 5.41) is 14.4. The van der Waals surface area contributed by atoms with E-state index in [1.165, 1.54) is 6.07 Å². The fraction of sp³-hybridized carbons (Fsp3) is 0.217. The molecule has 1 aliphatic carbocycles. The molecule has 144 valence electrons. The molecule has 0 saturated carbocycles. The first-order chi connectivity index (χ1) is 13.3. The van der Waals surface area contributed by atoms with Crippen molar-refractivity contribution >= 4 is 34.2 Å². The topological polar surface area (TPSA) is 20.2 Å². The number of alkyl halides is 3. The van der Waals surface area contributed by atoms with Gasteiger partial charge in [-0.2, -0.15) is 13.2 Å². The van der Waals surface area contributed by atoms with Gasteiger partial charge in [-0.1, -0.05) is 41.9 Å². The summed E-state index contributed by atoms with van der Waals surface area (Å²) in [6.07, 6.45) is 0.466. The lowest BCUT2D eigenvalue weighted by Gasteiger charge is -2.11. The molecule has 0 bridgehead atoms. The highest BCUT2D eigenvalue weighted by Crippen LogP contribution is 2.32. The Bertz CT molecular complexity index is 1180. The van der Waals surface area contributed by atoms with Crippen molar-refractivity contribution in [1.29, 1.82) is 0 Å². The molecule has 1 nitrogen and oxygen atoms in total. The van der Waals surface area contributed by atoms with E-state index in [4.69, 9.17) is 11.6 Å². The molecule has 0 fully saturated rings. The lowest BCUT2D eigenvalue weighted by molar-refractivity contribution is -0.137. The van der Waals surface area contributed by atoms with Gasteiger partial charge in [-0.25, -0.2) is 0 Å². The molecule has 0 saturated heterocycles. The van der Waals surface area contributed by atoms with Gasteiger partial charge in [0.05, 0.1) is 5.56 Å². The second-order valence-electron chi connectivity index (χ2n) is 7.11. The van der Waals surface area contributed by atoms with Crippen molar-refractivity contribution in [2.24, 2.45) is 0 Å². The minimum absolute atomic E-state index is 0.139. The number of fused-ring (bicyclic) bond motifs is 2. The lowest BCUT2D eigenvalue weighted by atomic mass is 9.97. The van der Waals surface area contributed by atoms with E-state index in [0.29, 0.717) is 30.6 Å². The van der Waals surface area contributed by atoms with Gasteiger partial charge in [0.25, 0.3) is 0 Å². The van der Waals surface area contributed by atoms with Gasteiger partial charge in [-0.15, -0.1) is 0 Å². The molecule has 0 radical (unpaired) electrons. The summed E-state index contributed by atoms with van der Waals surface area (Å²) < 4.78 is 38.3. The third kappa shape index (κ3) is 3.74. The smallest absolute Gasteiger partial charge is 0.416 e. The number of halogens is 4. The quantitative estimate of drug-likeness (QED) is 0.610. The van der Waals surface area contributed by atoms with Gasteiger partial charge in [0.1, 0.15) is 5.76 Å². The predicted octanol–water partition coefficient (Wildman–Crippen LogP) is 5.54. The van der Waals surface area contributed by atoms with Crippen molar-refractivity contribution in [2.45, 2.75) is 31.9 Å². The van der Waals surface area contributed by atoms with Gasteiger partial charge in [0.2, 0.25) is 0 Å². The standard InChI is InChI=1S/C23H18ClF3O/c24-21-13-19(23(25,26)27)9-8-15(21)6-4-14-5-7-16-11-17-2-1-3-22(28)20(17)12-18(16)10-14/h2,5,7-13,28H,1,3-4,6H2. The van der Waals surface area contributed by atoms with E-state index in [-0.39, 0.29) is 5.02 Å². The van der Waals surface area contributed by atoms with Crippen molar-refractivity contribution in [1.82, 2.24) is 0 Å². The van der Waals surface area contributed by atoms with Gasteiger partial charge < -0.3 is 5.11 Å². The van der Waals surface area contributed by atoms with Crippen LogP contribution in [0.2, 0.25) is 5.02 Å². The number of hydrogen-bond donors (Lipinski definition) is 1. The maximum absolute atomic E-state index is 12.8. The molecule has 0 aromatic heterocycles. The molecule has 0 spiro atoms.